The first-order valence-corrected chi connectivity index (χ1v) is 8.44. The minimum Gasteiger partial charge on any atom is -0.445 e. The number of carbonyl (C=O) groups excluding carboxylic acids is 3. The molecule has 1 rings (SSSR count). The van der Waals surface area contributed by atoms with Crippen molar-refractivity contribution in [2.75, 3.05) is 19.6 Å². The fourth-order valence-corrected chi connectivity index (χ4v) is 1.81. The number of nitrogens with one attached hydrogen (secondary N) is 3. The molecule has 8 nitrogen and oxygen atoms in total. The van der Waals surface area contributed by atoms with Crippen molar-refractivity contribution in [3.8, 4) is 0 Å². The number of amides is 3. The largest absolute Gasteiger partial charge is 0.445 e. The lowest BCUT2D eigenvalue weighted by Crippen LogP contribution is -2.38. The summed E-state index contributed by atoms with van der Waals surface area (Å²) in [5.74, 6) is -0.334. The van der Waals surface area contributed by atoms with Gasteiger partial charge in [-0.25, -0.2) is 9.59 Å². The van der Waals surface area contributed by atoms with Crippen LogP contribution in [0.15, 0.2) is 30.3 Å². The zero-order valence-corrected chi connectivity index (χ0v) is 15.5. The van der Waals surface area contributed by atoms with Crippen LogP contribution in [0.2, 0.25) is 0 Å². The molecule has 0 bridgehead atoms. The fourth-order valence-electron chi connectivity index (χ4n) is 1.81. The van der Waals surface area contributed by atoms with Crippen LogP contribution in [-0.2, 0) is 20.9 Å². The minimum atomic E-state index is -0.657. The lowest BCUT2D eigenvalue weighted by Gasteiger charge is -2.19. The van der Waals surface area contributed by atoms with Crippen LogP contribution in [-0.4, -0.2) is 43.3 Å². The van der Waals surface area contributed by atoms with E-state index in [0.717, 1.165) is 5.56 Å². The Hall–Kier alpha value is -2.77. The van der Waals surface area contributed by atoms with Crippen LogP contribution in [0, 0.1) is 0 Å². The van der Waals surface area contributed by atoms with Crippen LogP contribution in [0.1, 0.15) is 32.8 Å². The molecule has 1 aromatic rings. The Morgan fingerprint density at radius 2 is 1.58 bits per heavy atom. The van der Waals surface area contributed by atoms with Crippen LogP contribution in [0.25, 0.3) is 0 Å². The molecule has 1 aromatic carbocycles. The highest BCUT2D eigenvalue weighted by molar-refractivity contribution is 5.82. The Morgan fingerprint density at radius 1 is 0.923 bits per heavy atom. The van der Waals surface area contributed by atoms with E-state index in [4.69, 9.17) is 9.47 Å². The van der Waals surface area contributed by atoms with Crippen molar-refractivity contribution in [1.29, 1.82) is 0 Å². The highest BCUT2D eigenvalue weighted by atomic mass is 16.6. The van der Waals surface area contributed by atoms with Gasteiger partial charge < -0.3 is 25.4 Å². The fraction of sp³-hybridized carbons (Fsp3) is 0.500. The molecule has 8 heteroatoms. The molecular weight excluding hydrogens is 338 g/mol. The lowest BCUT2D eigenvalue weighted by atomic mass is 10.2. The Kier molecular flexibility index (Phi) is 8.97. The monoisotopic (exact) mass is 365 g/mol. The molecule has 0 saturated heterocycles. The van der Waals surface area contributed by atoms with E-state index in [9.17, 15) is 14.4 Å². The quantitative estimate of drug-likeness (QED) is 0.611. The van der Waals surface area contributed by atoms with Crippen LogP contribution in [0.5, 0.6) is 0 Å². The summed E-state index contributed by atoms with van der Waals surface area (Å²) in [6.45, 7) is 6.06. The first kappa shape index (κ1) is 21.3. The SMILES string of the molecule is CC(C)(C)OC(=O)NCCCNC(=O)CNC(=O)OCc1ccccc1. The molecule has 0 fully saturated rings. The van der Waals surface area contributed by atoms with Crippen molar-refractivity contribution in [3.05, 3.63) is 35.9 Å². The van der Waals surface area contributed by atoms with Gasteiger partial charge in [-0.15, -0.1) is 0 Å². The maximum Gasteiger partial charge on any atom is 0.407 e. The molecule has 3 amide bonds. The predicted octanol–water partition coefficient (Wildman–Crippen LogP) is 1.94. The van der Waals surface area contributed by atoms with Crippen LogP contribution in [0.3, 0.4) is 0 Å². The number of alkyl carbamates (subject to hydrolysis) is 2. The number of rotatable bonds is 8. The van der Waals surface area contributed by atoms with Gasteiger partial charge in [0.05, 0.1) is 6.54 Å². The number of carbonyl (C=O) groups is 3. The smallest absolute Gasteiger partial charge is 0.407 e. The molecule has 0 unspecified atom stereocenters. The Labute approximate surface area is 153 Å². The number of ether oxygens (including phenoxy) is 2. The average molecular weight is 365 g/mol. The summed E-state index contributed by atoms with van der Waals surface area (Å²) in [7, 11) is 0. The molecule has 0 atom stereocenters. The molecule has 0 aliphatic heterocycles. The molecule has 26 heavy (non-hydrogen) atoms. The maximum absolute atomic E-state index is 11.6. The van der Waals surface area contributed by atoms with E-state index in [-0.39, 0.29) is 19.1 Å². The Balaban J connectivity index is 2.04. The third-order valence-electron chi connectivity index (χ3n) is 2.95. The summed E-state index contributed by atoms with van der Waals surface area (Å²) in [4.78, 5) is 34.5. The van der Waals surface area contributed by atoms with Crippen LogP contribution < -0.4 is 16.0 Å². The summed E-state index contributed by atoms with van der Waals surface area (Å²) in [5.41, 5.74) is 0.323. The minimum absolute atomic E-state index is 0.143. The van der Waals surface area contributed by atoms with Gasteiger partial charge in [0, 0.05) is 13.1 Å². The second-order valence-electron chi connectivity index (χ2n) is 6.55. The molecule has 0 radical (unpaired) electrons. The summed E-state index contributed by atoms with van der Waals surface area (Å²) in [6.07, 6.45) is -0.606. The summed E-state index contributed by atoms with van der Waals surface area (Å²) in [5, 5.41) is 7.60. The molecule has 3 N–H and O–H groups in total. The Morgan fingerprint density at radius 3 is 2.23 bits per heavy atom. The normalized spacial score (nSPS) is 10.6. The highest BCUT2D eigenvalue weighted by Crippen LogP contribution is 2.06. The lowest BCUT2D eigenvalue weighted by molar-refractivity contribution is -0.120. The summed E-state index contributed by atoms with van der Waals surface area (Å²) < 4.78 is 10.1. The maximum atomic E-state index is 11.6. The summed E-state index contributed by atoms with van der Waals surface area (Å²) >= 11 is 0. The summed E-state index contributed by atoms with van der Waals surface area (Å²) in [6, 6.07) is 9.25. The third kappa shape index (κ3) is 10.9. The number of hydrogen-bond acceptors (Lipinski definition) is 5. The van der Waals surface area contributed by atoms with Gasteiger partial charge in [0.2, 0.25) is 5.91 Å². The van der Waals surface area contributed by atoms with Gasteiger partial charge in [0.1, 0.15) is 12.2 Å². The Bertz CT molecular complexity index is 584. The van der Waals surface area contributed by atoms with E-state index in [1.54, 1.807) is 20.8 Å². The van der Waals surface area contributed by atoms with Crippen molar-refractivity contribution in [3.63, 3.8) is 0 Å². The van der Waals surface area contributed by atoms with Crippen molar-refractivity contribution >= 4 is 18.1 Å². The van der Waals surface area contributed by atoms with E-state index in [1.807, 2.05) is 30.3 Å². The average Bonchev–Trinajstić information content (AvgIpc) is 2.57. The molecule has 0 aliphatic rings. The molecular formula is C18H27N3O5. The van der Waals surface area contributed by atoms with E-state index in [1.165, 1.54) is 0 Å². The van der Waals surface area contributed by atoms with Gasteiger partial charge in [-0.1, -0.05) is 30.3 Å². The predicted molar refractivity (Wildman–Crippen MR) is 96.5 cm³/mol. The van der Waals surface area contributed by atoms with Crippen molar-refractivity contribution in [2.45, 2.75) is 39.4 Å². The first-order chi connectivity index (χ1) is 12.3. The molecule has 0 heterocycles. The zero-order chi connectivity index (χ0) is 19.4. The second kappa shape index (κ2) is 11.0. The van der Waals surface area contributed by atoms with Gasteiger partial charge >= 0.3 is 12.2 Å². The molecule has 0 saturated carbocycles. The number of benzene rings is 1. The van der Waals surface area contributed by atoms with Crippen molar-refractivity contribution in [2.24, 2.45) is 0 Å². The van der Waals surface area contributed by atoms with Crippen molar-refractivity contribution in [1.82, 2.24) is 16.0 Å². The van der Waals surface area contributed by atoms with Gasteiger partial charge in [0.15, 0.2) is 0 Å². The van der Waals surface area contributed by atoms with Crippen molar-refractivity contribution < 1.29 is 23.9 Å². The third-order valence-corrected chi connectivity index (χ3v) is 2.95. The van der Waals surface area contributed by atoms with Gasteiger partial charge in [-0.2, -0.15) is 0 Å². The highest BCUT2D eigenvalue weighted by Gasteiger charge is 2.15. The second-order valence-corrected chi connectivity index (χ2v) is 6.55. The molecule has 0 aromatic heterocycles. The molecule has 0 spiro atoms. The van der Waals surface area contributed by atoms with Crippen LogP contribution in [0.4, 0.5) is 9.59 Å². The van der Waals surface area contributed by atoms with Crippen LogP contribution >= 0.6 is 0 Å². The van der Waals surface area contributed by atoms with Gasteiger partial charge in [0.25, 0.3) is 0 Å². The van der Waals surface area contributed by atoms with E-state index < -0.39 is 17.8 Å². The molecule has 0 aliphatic carbocycles. The van der Waals surface area contributed by atoms with Gasteiger partial charge in [-0.05, 0) is 32.8 Å². The van der Waals surface area contributed by atoms with E-state index in [2.05, 4.69) is 16.0 Å². The zero-order valence-electron chi connectivity index (χ0n) is 15.5. The van der Waals surface area contributed by atoms with E-state index in [0.29, 0.717) is 19.5 Å². The standard InChI is InChI=1S/C18H27N3O5/c1-18(2,3)26-17(24)20-11-7-10-19-15(22)12-21-16(23)25-13-14-8-5-4-6-9-14/h4-6,8-9H,7,10-13H2,1-3H3,(H,19,22)(H,20,24)(H,21,23). The number of hydrogen-bond donors (Lipinski definition) is 3. The molecule has 144 valence electrons. The van der Waals surface area contributed by atoms with Gasteiger partial charge in [-0.3, -0.25) is 4.79 Å². The first-order valence-electron chi connectivity index (χ1n) is 8.44. The topological polar surface area (TPSA) is 106 Å². The van der Waals surface area contributed by atoms with E-state index >= 15 is 0 Å².